The van der Waals surface area contributed by atoms with Gasteiger partial charge in [0.2, 0.25) is 26.0 Å². The van der Waals surface area contributed by atoms with E-state index >= 15 is 0 Å². The number of amides is 1. The molecule has 1 amide bonds. The van der Waals surface area contributed by atoms with Gasteiger partial charge in [0.25, 0.3) is 0 Å². The molecule has 2 aromatic rings. The summed E-state index contributed by atoms with van der Waals surface area (Å²) in [5.41, 5.74) is 1.00. The quantitative estimate of drug-likeness (QED) is 0.684. The van der Waals surface area contributed by atoms with Crippen molar-refractivity contribution in [3.8, 4) is 0 Å². The Morgan fingerprint density at radius 1 is 1.07 bits per heavy atom. The Bertz CT molecular complexity index is 1130. The van der Waals surface area contributed by atoms with E-state index in [1.165, 1.54) is 32.3 Å². The second-order valence-corrected chi connectivity index (χ2v) is 11.0. The van der Waals surface area contributed by atoms with Crippen molar-refractivity contribution < 1.29 is 21.6 Å². The first-order chi connectivity index (χ1) is 13.3. The number of nitrogens with one attached hydrogen (secondary N) is 1. The van der Waals surface area contributed by atoms with E-state index in [0.29, 0.717) is 10.6 Å². The maximum Gasteiger partial charge on any atom is 0.245 e. The number of hydrogen-bond donors (Lipinski definition) is 1. The third-order valence-electron chi connectivity index (χ3n) is 4.01. The zero-order chi connectivity index (χ0) is 22.0. The van der Waals surface area contributed by atoms with Crippen LogP contribution in [0.25, 0.3) is 0 Å². The Morgan fingerprint density at radius 2 is 1.72 bits per heavy atom. The summed E-state index contributed by atoms with van der Waals surface area (Å²) in [4.78, 5) is 12.5. The van der Waals surface area contributed by atoms with Crippen molar-refractivity contribution in [1.82, 2.24) is 4.31 Å². The summed E-state index contributed by atoms with van der Waals surface area (Å²) in [6, 6.07) is 10.6. The molecule has 0 aliphatic carbocycles. The minimum Gasteiger partial charge on any atom is -0.324 e. The highest BCUT2D eigenvalue weighted by atomic mass is 35.5. The lowest BCUT2D eigenvalue weighted by Gasteiger charge is -2.22. The van der Waals surface area contributed by atoms with Gasteiger partial charge >= 0.3 is 0 Å². The molecule has 1 N–H and O–H groups in total. The summed E-state index contributed by atoms with van der Waals surface area (Å²) in [6.45, 7) is 1.15. The lowest BCUT2D eigenvalue weighted by Crippen LogP contribution is -2.37. The minimum absolute atomic E-state index is 0.0510. The first-order valence-corrected chi connectivity index (χ1v) is 12.1. The summed E-state index contributed by atoms with van der Waals surface area (Å²) >= 11 is 5.92. The fourth-order valence-electron chi connectivity index (χ4n) is 2.51. The molecule has 0 aliphatic heterocycles. The van der Waals surface area contributed by atoms with Crippen LogP contribution >= 0.6 is 11.6 Å². The fraction of sp³-hybridized carbons (Fsp3) is 0.278. The first kappa shape index (κ1) is 23.1. The molecule has 0 spiro atoms. The number of nitrogens with zero attached hydrogens (tertiary/aromatic N) is 2. The van der Waals surface area contributed by atoms with E-state index in [-0.39, 0.29) is 16.3 Å². The van der Waals surface area contributed by atoms with Gasteiger partial charge in [0.15, 0.2) is 0 Å². The topological polar surface area (TPSA) is 104 Å². The van der Waals surface area contributed by atoms with Crippen LogP contribution < -0.4 is 9.62 Å². The normalized spacial score (nSPS) is 12.1. The average molecular weight is 460 g/mol. The smallest absolute Gasteiger partial charge is 0.245 e. The standard InChI is InChI=1S/C18H22ClN3O5S2/c1-13-8-9-15(11-17(13)29(26,27)21(2)3)20-18(23)12-22(28(4,24)25)16-7-5-6-14(19)10-16/h5-11H,12H2,1-4H3,(H,20,23). The Kier molecular flexibility index (Phi) is 6.94. The number of carbonyl (C=O) groups is 1. The third kappa shape index (κ3) is 5.69. The summed E-state index contributed by atoms with van der Waals surface area (Å²) in [7, 11) is -4.64. The van der Waals surface area contributed by atoms with Gasteiger partial charge in [-0.3, -0.25) is 9.10 Å². The molecule has 11 heteroatoms. The molecule has 0 bridgehead atoms. The van der Waals surface area contributed by atoms with Crippen LogP contribution in [0.4, 0.5) is 11.4 Å². The number of aryl methyl sites for hydroxylation is 1. The van der Waals surface area contributed by atoms with Gasteiger partial charge in [-0.05, 0) is 42.8 Å². The maximum absolute atomic E-state index is 12.5. The van der Waals surface area contributed by atoms with Gasteiger partial charge in [0.1, 0.15) is 6.54 Å². The molecule has 0 saturated heterocycles. The van der Waals surface area contributed by atoms with Crippen LogP contribution in [0, 0.1) is 6.92 Å². The molecule has 0 saturated carbocycles. The molecule has 0 atom stereocenters. The zero-order valence-corrected chi connectivity index (χ0v) is 18.8. The van der Waals surface area contributed by atoms with Gasteiger partial charge in [-0.2, -0.15) is 0 Å². The predicted octanol–water partition coefficient (Wildman–Crippen LogP) is 2.30. The van der Waals surface area contributed by atoms with Crippen LogP contribution in [-0.2, 0) is 24.8 Å². The van der Waals surface area contributed by atoms with Gasteiger partial charge in [0.05, 0.1) is 16.8 Å². The van der Waals surface area contributed by atoms with Crippen molar-refractivity contribution in [2.75, 3.05) is 36.5 Å². The fourth-order valence-corrected chi connectivity index (χ4v) is 4.69. The first-order valence-electron chi connectivity index (χ1n) is 8.38. The van der Waals surface area contributed by atoms with Crippen molar-refractivity contribution in [1.29, 1.82) is 0 Å². The van der Waals surface area contributed by atoms with Crippen molar-refractivity contribution in [2.24, 2.45) is 0 Å². The zero-order valence-electron chi connectivity index (χ0n) is 16.4. The molecule has 0 unspecified atom stereocenters. The molecule has 2 aromatic carbocycles. The van der Waals surface area contributed by atoms with E-state index in [2.05, 4.69) is 5.32 Å². The molecule has 0 heterocycles. The summed E-state index contributed by atoms with van der Waals surface area (Å²) in [5.74, 6) is -0.632. The highest BCUT2D eigenvalue weighted by Crippen LogP contribution is 2.24. The van der Waals surface area contributed by atoms with E-state index in [1.807, 2.05) is 0 Å². The van der Waals surface area contributed by atoms with Crippen LogP contribution in [0.3, 0.4) is 0 Å². The van der Waals surface area contributed by atoms with Crippen LogP contribution in [0.15, 0.2) is 47.4 Å². The number of halogens is 1. The molecule has 158 valence electrons. The highest BCUT2D eigenvalue weighted by molar-refractivity contribution is 7.92. The second kappa shape index (κ2) is 8.70. The van der Waals surface area contributed by atoms with Crippen LogP contribution in [0.1, 0.15) is 5.56 Å². The second-order valence-electron chi connectivity index (χ2n) is 6.57. The Labute approximate surface area is 176 Å². The highest BCUT2D eigenvalue weighted by Gasteiger charge is 2.23. The van der Waals surface area contributed by atoms with Gasteiger partial charge in [-0.1, -0.05) is 23.7 Å². The summed E-state index contributed by atoms with van der Waals surface area (Å²) < 4.78 is 51.2. The van der Waals surface area contributed by atoms with Crippen LogP contribution in [0.5, 0.6) is 0 Å². The van der Waals surface area contributed by atoms with Gasteiger partial charge < -0.3 is 5.32 Å². The molecular formula is C18H22ClN3O5S2. The molecule has 0 aromatic heterocycles. The third-order valence-corrected chi connectivity index (χ3v) is 7.35. The van der Waals surface area contributed by atoms with E-state index in [0.717, 1.165) is 14.9 Å². The number of rotatable bonds is 7. The Morgan fingerprint density at radius 3 is 2.28 bits per heavy atom. The van der Waals surface area contributed by atoms with E-state index in [9.17, 15) is 21.6 Å². The van der Waals surface area contributed by atoms with E-state index in [1.54, 1.807) is 31.2 Å². The lowest BCUT2D eigenvalue weighted by atomic mass is 10.2. The van der Waals surface area contributed by atoms with Gasteiger partial charge in [-0.25, -0.2) is 21.1 Å². The number of carbonyl (C=O) groups excluding carboxylic acids is 1. The van der Waals surface area contributed by atoms with Crippen LogP contribution in [-0.4, -0.2) is 53.9 Å². The van der Waals surface area contributed by atoms with Crippen molar-refractivity contribution in [3.05, 3.63) is 53.1 Å². The largest absolute Gasteiger partial charge is 0.324 e. The van der Waals surface area contributed by atoms with Crippen molar-refractivity contribution in [3.63, 3.8) is 0 Å². The minimum atomic E-state index is -3.76. The van der Waals surface area contributed by atoms with E-state index in [4.69, 9.17) is 11.6 Å². The Balaban J connectivity index is 2.30. The number of benzene rings is 2. The number of anilines is 2. The molecule has 29 heavy (non-hydrogen) atoms. The predicted molar refractivity (Wildman–Crippen MR) is 114 cm³/mol. The van der Waals surface area contributed by atoms with Crippen molar-refractivity contribution in [2.45, 2.75) is 11.8 Å². The monoisotopic (exact) mass is 459 g/mol. The van der Waals surface area contributed by atoms with Crippen molar-refractivity contribution >= 4 is 48.9 Å². The van der Waals surface area contributed by atoms with Gasteiger partial charge in [0, 0.05) is 24.8 Å². The summed E-state index contributed by atoms with van der Waals surface area (Å²) in [5, 5.41) is 2.87. The molecule has 2 rings (SSSR count). The number of hydrogen-bond acceptors (Lipinski definition) is 5. The molecule has 0 fully saturated rings. The molecule has 8 nitrogen and oxygen atoms in total. The average Bonchev–Trinajstić information content (AvgIpc) is 2.60. The molecule has 0 aliphatic rings. The lowest BCUT2D eigenvalue weighted by molar-refractivity contribution is -0.114. The molecule has 0 radical (unpaired) electrons. The number of sulfonamides is 2. The van der Waals surface area contributed by atoms with Gasteiger partial charge in [-0.15, -0.1) is 0 Å². The maximum atomic E-state index is 12.5. The SMILES string of the molecule is Cc1ccc(NC(=O)CN(c2cccc(Cl)c2)S(C)(=O)=O)cc1S(=O)(=O)N(C)C. The van der Waals surface area contributed by atoms with E-state index < -0.39 is 32.5 Å². The molecular weight excluding hydrogens is 438 g/mol. The Hall–Kier alpha value is -2.14. The van der Waals surface area contributed by atoms with Crippen LogP contribution in [0.2, 0.25) is 5.02 Å². The summed E-state index contributed by atoms with van der Waals surface area (Å²) in [6.07, 6.45) is 0.981.